The van der Waals surface area contributed by atoms with E-state index in [1.165, 1.54) is 22.6 Å². The van der Waals surface area contributed by atoms with Crippen molar-refractivity contribution in [2.45, 2.75) is 13.3 Å². The SMILES string of the molecule is Cc1cc(NC(=O)Cc2csc(-c3ccco3)n2)ccc1N1CCN(C)CC1. The van der Waals surface area contributed by atoms with E-state index in [0.29, 0.717) is 0 Å². The van der Waals surface area contributed by atoms with Crippen molar-refractivity contribution in [1.82, 2.24) is 9.88 Å². The summed E-state index contributed by atoms with van der Waals surface area (Å²) in [5, 5.41) is 5.68. The molecule has 1 N–H and O–H groups in total. The number of anilines is 2. The van der Waals surface area contributed by atoms with Gasteiger partial charge in [-0.05, 0) is 49.9 Å². The number of furan rings is 1. The molecule has 1 saturated heterocycles. The molecule has 1 amide bonds. The van der Waals surface area contributed by atoms with E-state index in [4.69, 9.17) is 4.42 Å². The van der Waals surface area contributed by atoms with Gasteiger partial charge in [-0.2, -0.15) is 0 Å². The number of carbonyl (C=O) groups excluding carboxylic acids is 1. The summed E-state index contributed by atoms with van der Waals surface area (Å²) >= 11 is 1.48. The molecule has 0 bridgehead atoms. The Kier molecular flexibility index (Phi) is 5.45. The summed E-state index contributed by atoms with van der Waals surface area (Å²) < 4.78 is 5.35. The van der Waals surface area contributed by atoms with Crippen molar-refractivity contribution >= 4 is 28.6 Å². The van der Waals surface area contributed by atoms with Gasteiger partial charge in [0, 0.05) is 42.9 Å². The molecule has 1 aliphatic rings. The van der Waals surface area contributed by atoms with Crippen LogP contribution in [0.2, 0.25) is 0 Å². The molecule has 1 aromatic carbocycles. The number of hydrogen-bond donors (Lipinski definition) is 1. The Morgan fingerprint density at radius 3 is 2.79 bits per heavy atom. The highest BCUT2D eigenvalue weighted by atomic mass is 32.1. The van der Waals surface area contributed by atoms with Gasteiger partial charge in [-0.25, -0.2) is 4.98 Å². The third-order valence-corrected chi connectivity index (χ3v) is 5.86. The van der Waals surface area contributed by atoms with E-state index >= 15 is 0 Å². The molecular formula is C21H24N4O2S. The van der Waals surface area contributed by atoms with Gasteiger partial charge in [-0.1, -0.05) is 0 Å². The predicted molar refractivity (Wildman–Crippen MR) is 113 cm³/mol. The fourth-order valence-corrected chi connectivity index (χ4v) is 4.19. The van der Waals surface area contributed by atoms with Crippen molar-refractivity contribution in [3.63, 3.8) is 0 Å². The molecule has 0 atom stereocenters. The molecule has 0 saturated carbocycles. The van der Waals surface area contributed by atoms with Crippen molar-refractivity contribution in [1.29, 1.82) is 0 Å². The quantitative estimate of drug-likeness (QED) is 0.713. The highest BCUT2D eigenvalue weighted by molar-refractivity contribution is 7.13. The lowest BCUT2D eigenvalue weighted by Crippen LogP contribution is -2.44. The van der Waals surface area contributed by atoms with E-state index < -0.39 is 0 Å². The van der Waals surface area contributed by atoms with Crippen molar-refractivity contribution in [3.8, 4) is 10.8 Å². The molecule has 0 radical (unpaired) electrons. The number of benzene rings is 1. The number of piperazine rings is 1. The Morgan fingerprint density at radius 1 is 1.25 bits per heavy atom. The molecule has 4 rings (SSSR count). The molecule has 0 spiro atoms. The summed E-state index contributed by atoms with van der Waals surface area (Å²) in [5.74, 6) is 0.662. The van der Waals surface area contributed by atoms with Crippen LogP contribution in [0.25, 0.3) is 10.8 Å². The second-order valence-corrected chi connectivity index (χ2v) is 8.00. The Bertz CT molecular complexity index is 943. The first-order valence-electron chi connectivity index (χ1n) is 9.41. The van der Waals surface area contributed by atoms with Gasteiger partial charge < -0.3 is 19.5 Å². The Morgan fingerprint density at radius 2 is 2.07 bits per heavy atom. The molecule has 3 aromatic rings. The maximum atomic E-state index is 12.4. The maximum Gasteiger partial charge on any atom is 0.230 e. The van der Waals surface area contributed by atoms with Crippen LogP contribution < -0.4 is 10.2 Å². The first-order chi connectivity index (χ1) is 13.6. The second kappa shape index (κ2) is 8.16. The van der Waals surface area contributed by atoms with Crippen molar-refractivity contribution in [2.24, 2.45) is 0 Å². The Labute approximate surface area is 168 Å². The van der Waals surface area contributed by atoms with Gasteiger partial charge in [0.25, 0.3) is 0 Å². The number of aryl methyl sites for hydroxylation is 1. The van der Waals surface area contributed by atoms with Crippen molar-refractivity contribution in [3.05, 3.63) is 53.2 Å². The van der Waals surface area contributed by atoms with E-state index in [-0.39, 0.29) is 12.3 Å². The zero-order valence-corrected chi connectivity index (χ0v) is 17.0. The first kappa shape index (κ1) is 18.7. The molecule has 3 heterocycles. The van der Waals surface area contributed by atoms with Gasteiger partial charge in [-0.3, -0.25) is 4.79 Å². The van der Waals surface area contributed by atoms with Crippen LogP contribution in [0, 0.1) is 6.92 Å². The Hall–Kier alpha value is -2.64. The van der Waals surface area contributed by atoms with E-state index in [1.807, 2.05) is 29.6 Å². The fraction of sp³-hybridized carbons (Fsp3) is 0.333. The average molecular weight is 397 g/mol. The lowest BCUT2D eigenvalue weighted by molar-refractivity contribution is -0.115. The summed E-state index contributed by atoms with van der Waals surface area (Å²) in [4.78, 5) is 21.7. The molecule has 146 valence electrons. The maximum absolute atomic E-state index is 12.4. The van der Waals surface area contributed by atoms with Crippen LogP contribution in [0.5, 0.6) is 0 Å². The summed E-state index contributed by atoms with van der Waals surface area (Å²) in [6.45, 7) is 6.31. The van der Waals surface area contributed by atoms with Crippen LogP contribution in [0.4, 0.5) is 11.4 Å². The molecule has 6 nitrogen and oxygen atoms in total. The summed E-state index contributed by atoms with van der Waals surface area (Å²) in [6.07, 6.45) is 1.87. The van der Waals surface area contributed by atoms with Crippen LogP contribution in [-0.2, 0) is 11.2 Å². The number of thiazole rings is 1. The zero-order chi connectivity index (χ0) is 19.5. The fourth-order valence-electron chi connectivity index (χ4n) is 3.41. The smallest absolute Gasteiger partial charge is 0.230 e. The van der Waals surface area contributed by atoms with Gasteiger partial charge in [0.05, 0.1) is 18.4 Å². The summed E-state index contributed by atoms with van der Waals surface area (Å²) in [5.41, 5.74) is 3.99. The molecule has 0 aliphatic carbocycles. The van der Waals surface area contributed by atoms with Crippen molar-refractivity contribution in [2.75, 3.05) is 43.4 Å². The minimum absolute atomic E-state index is 0.0666. The largest absolute Gasteiger partial charge is 0.462 e. The van der Waals surface area contributed by atoms with Crippen LogP contribution >= 0.6 is 11.3 Å². The van der Waals surface area contributed by atoms with Gasteiger partial charge >= 0.3 is 0 Å². The molecule has 0 unspecified atom stereocenters. The molecule has 1 fully saturated rings. The summed E-state index contributed by atoms with van der Waals surface area (Å²) in [6, 6.07) is 9.83. The van der Waals surface area contributed by atoms with E-state index in [1.54, 1.807) is 6.26 Å². The van der Waals surface area contributed by atoms with Gasteiger partial charge in [0.2, 0.25) is 5.91 Å². The van der Waals surface area contributed by atoms with E-state index in [2.05, 4.69) is 40.1 Å². The topological polar surface area (TPSA) is 61.6 Å². The normalized spacial score (nSPS) is 15.0. The molecule has 28 heavy (non-hydrogen) atoms. The number of nitrogens with zero attached hydrogens (tertiary/aromatic N) is 3. The number of carbonyl (C=O) groups is 1. The second-order valence-electron chi connectivity index (χ2n) is 7.14. The molecule has 2 aromatic heterocycles. The monoisotopic (exact) mass is 396 g/mol. The molecule has 7 heteroatoms. The van der Waals surface area contributed by atoms with Crippen LogP contribution in [0.15, 0.2) is 46.4 Å². The van der Waals surface area contributed by atoms with Gasteiger partial charge in [0.1, 0.15) is 0 Å². The number of aromatic nitrogens is 1. The lowest BCUT2D eigenvalue weighted by atomic mass is 10.1. The number of nitrogens with one attached hydrogen (secondary N) is 1. The standard InChI is InChI=1S/C21H24N4O2S/c1-15-12-16(5-6-18(15)25-9-7-24(2)8-10-25)22-20(26)13-17-14-28-21(23-17)19-4-3-11-27-19/h3-6,11-12,14H,7-10,13H2,1-2H3,(H,22,26). The molecule has 1 aliphatic heterocycles. The third kappa shape index (κ3) is 4.26. The highest BCUT2D eigenvalue weighted by Gasteiger charge is 2.16. The number of amides is 1. The zero-order valence-electron chi connectivity index (χ0n) is 16.1. The third-order valence-electron chi connectivity index (χ3n) is 4.95. The van der Waals surface area contributed by atoms with Gasteiger partial charge in [0.15, 0.2) is 10.8 Å². The number of hydrogen-bond acceptors (Lipinski definition) is 6. The van der Waals surface area contributed by atoms with Crippen LogP contribution in [0.1, 0.15) is 11.3 Å². The first-order valence-corrected chi connectivity index (χ1v) is 10.3. The predicted octanol–water partition coefficient (Wildman–Crippen LogP) is 3.64. The number of likely N-dealkylation sites (N-methyl/N-ethyl adjacent to an activating group) is 1. The van der Waals surface area contributed by atoms with Gasteiger partial charge in [-0.15, -0.1) is 11.3 Å². The van der Waals surface area contributed by atoms with Crippen LogP contribution in [-0.4, -0.2) is 49.0 Å². The minimum Gasteiger partial charge on any atom is -0.462 e. The average Bonchev–Trinajstić information content (AvgIpc) is 3.34. The van der Waals surface area contributed by atoms with Crippen molar-refractivity contribution < 1.29 is 9.21 Å². The molecular weight excluding hydrogens is 372 g/mol. The van der Waals surface area contributed by atoms with E-state index in [0.717, 1.165) is 48.3 Å². The highest BCUT2D eigenvalue weighted by Crippen LogP contribution is 2.26. The van der Waals surface area contributed by atoms with E-state index in [9.17, 15) is 4.79 Å². The minimum atomic E-state index is -0.0666. The lowest BCUT2D eigenvalue weighted by Gasteiger charge is -2.35. The van der Waals surface area contributed by atoms with Crippen LogP contribution in [0.3, 0.4) is 0 Å². The Balaban J connectivity index is 1.37. The summed E-state index contributed by atoms with van der Waals surface area (Å²) in [7, 11) is 2.16. The number of rotatable bonds is 5.